The molecule has 3 amide bonds. The van der Waals surface area contributed by atoms with Crippen molar-refractivity contribution in [2.24, 2.45) is 5.73 Å². The molecule has 0 radical (unpaired) electrons. The monoisotopic (exact) mass is 252 g/mol. The highest BCUT2D eigenvalue weighted by Gasteiger charge is 2.18. The van der Waals surface area contributed by atoms with E-state index < -0.39 is 18.0 Å². The van der Waals surface area contributed by atoms with Crippen molar-refractivity contribution in [2.45, 2.75) is 26.6 Å². The van der Waals surface area contributed by atoms with Crippen molar-refractivity contribution in [2.75, 3.05) is 0 Å². The first-order chi connectivity index (χ1) is 8.45. The van der Waals surface area contributed by atoms with Crippen LogP contribution in [0, 0.1) is 6.92 Å². The van der Waals surface area contributed by atoms with Crippen molar-refractivity contribution in [3.8, 4) is 5.75 Å². The predicted octanol–water partition coefficient (Wildman–Crippen LogP) is 0.450. The molecule has 0 aromatic heterocycles. The summed E-state index contributed by atoms with van der Waals surface area (Å²) in [5.41, 5.74) is 6.21. The lowest BCUT2D eigenvalue weighted by Gasteiger charge is -2.17. The SMILES string of the molecule is Cc1cccc(CO)c1OC(C)C(=O)NC(N)=O. The van der Waals surface area contributed by atoms with Crippen LogP contribution in [-0.4, -0.2) is 23.1 Å². The van der Waals surface area contributed by atoms with Crippen LogP contribution in [0.1, 0.15) is 18.1 Å². The molecule has 0 spiro atoms. The van der Waals surface area contributed by atoms with Crippen LogP contribution in [0.3, 0.4) is 0 Å². The van der Waals surface area contributed by atoms with Crippen molar-refractivity contribution in [3.63, 3.8) is 0 Å². The first kappa shape index (κ1) is 14.0. The average molecular weight is 252 g/mol. The third-order valence-electron chi connectivity index (χ3n) is 2.37. The van der Waals surface area contributed by atoms with E-state index in [2.05, 4.69) is 0 Å². The van der Waals surface area contributed by atoms with Crippen molar-refractivity contribution in [3.05, 3.63) is 29.3 Å². The van der Waals surface area contributed by atoms with Gasteiger partial charge in [0.1, 0.15) is 5.75 Å². The molecule has 1 atom stereocenters. The normalized spacial score (nSPS) is 11.7. The number of carbonyl (C=O) groups is 2. The van der Waals surface area contributed by atoms with Crippen molar-refractivity contribution in [1.82, 2.24) is 5.32 Å². The average Bonchev–Trinajstić information content (AvgIpc) is 2.30. The maximum Gasteiger partial charge on any atom is 0.318 e. The molecule has 0 fully saturated rings. The molecule has 0 saturated carbocycles. The van der Waals surface area contributed by atoms with Gasteiger partial charge >= 0.3 is 6.03 Å². The molecule has 1 unspecified atom stereocenters. The second-order valence-electron chi connectivity index (χ2n) is 3.83. The molecule has 0 saturated heterocycles. The number of aryl methyl sites for hydroxylation is 1. The Labute approximate surface area is 105 Å². The second kappa shape index (κ2) is 6.02. The Morgan fingerprint density at radius 2 is 2.17 bits per heavy atom. The third-order valence-corrected chi connectivity index (χ3v) is 2.37. The lowest BCUT2D eigenvalue weighted by Crippen LogP contribution is -2.42. The number of nitrogens with two attached hydrogens (primary N) is 1. The van der Waals surface area contributed by atoms with E-state index in [1.807, 2.05) is 5.32 Å². The Balaban J connectivity index is 2.84. The van der Waals surface area contributed by atoms with Gasteiger partial charge in [0.2, 0.25) is 0 Å². The number of imide groups is 1. The summed E-state index contributed by atoms with van der Waals surface area (Å²) in [6.07, 6.45) is -0.885. The fourth-order valence-corrected chi connectivity index (χ4v) is 1.46. The number of hydrogen-bond acceptors (Lipinski definition) is 4. The summed E-state index contributed by atoms with van der Waals surface area (Å²) in [6, 6.07) is 4.35. The largest absolute Gasteiger partial charge is 0.480 e. The summed E-state index contributed by atoms with van der Waals surface area (Å²) >= 11 is 0. The van der Waals surface area contributed by atoms with Crippen molar-refractivity contribution < 1.29 is 19.4 Å². The number of ether oxygens (including phenoxy) is 1. The highest BCUT2D eigenvalue weighted by Crippen LogP contribution is 2.24. The highest BCUT2D eigenvalue weighted by molar-refractivity contribution is 5.95. The summed E-state index contributed by atoms with van der Waals surface area (Å²) in [4.78, 5) is 22.0. The summed E-state index contributed by atoms with van der Waals surface area (Å²) in [5, 5.41) is 11.1. The maximum atomic E-state index is 11.5. The molecule has 1 aromatic carbocycles. The number of benzene rings is 1. The minimum Gasteiger partial charge on any atom is -0.480 e. The summed E-state index contributed by atoms with van der Waals surface area (Å²) in [7, 11) is 0. The molecular weight excluding hydrogens is 236 g/mol. The Morgan fingerprint density at radius 1 is 1.50 bits per heavy atom. The molecule has 4 N–H and O–H groups in total. The highest BCUT2D eigenvalue weighted by atomic mass is 16.5. The Kier molecular flexibility index (Phi) is 4.67. The molecule has 0 heterocycles. The number of carbonyl (C=O) groups excluding carboxylic acids is 2. The zero-order valence-electron chi connectivity index (χ0n) is 10.3. The van der Waals surface area contributed by atoms with Gasteiger partial charge in [-0.25, -0.2) is 4.79 Å². The molecule has 18 heavy (non-hydrogen) atoms. The summed E-state index contributed by atoms with van der Waals surface area (Å²) in [6.45, 7) is 3.10. The predicted molar refractivity (Wildman–Crippen MR) is 64.9 cm³/mol. The topological polar surface area (TPSA) is 102 Å². The van der Waals surface area contributed by atoms with Gasteiger partial charge in [-0.05, 0) is 19.4 Å². The standard InChI is InChI=1S/C12H16N2O4/c1-7-4-3-5-9(6-15)10(7)18-8(2)11(16)14-12(13)17/h3-5,8,15H,6H2,1-2H3,(H3,13,14,16,17). The number of aliphatic hydroxyl groups is 1. The van der Waals surface area contributed by atoms with Gasteiger partial charge in [0, 0.05) is 5.56 Å². The molecule has 1 aromatic rings. The Morgan fingerprint density at radius 3 is 2.72 bits per heavy atom. The van der Waals surface area contributed by atoms with Crippen LogP contribution in [-0.2, 0) is 11.4 Å². The van der Waals surface area contributed by atoms with Gasteiger partial charge in [-0.15, -0.1) is 0 Å². The Bertz CT molecular complexity index is 459. The number of amides is 3. The van der Waals surface area contributed by atoms with Crippen LogP contribution in [0.15, 0.2) is 18.2 Å². The molecule has 6 nitrogen and oxygen atoms in total. The van der Waals surface area contributed by atoms with Crippen molar-refractivity contribution >= 4 is 11.9 Å². The minimum atomic E-state index is -0.928. The van der Waals surface area contributed by atoms with Gasteiger partial charge in [0.05, 0.1) is 6.61 Å². The molecule has 6 heteroatoms. The quantitative estimate of drug-likeness (QED) is 0.724. The summed E-state index contributed by atoms with van der Waals surface area (Å²) in [5.74, 6) is -0.193. The molecule has 1 rings (SSSR count). The van der Waals surface area contributed by atoms with E-state index in [9.17, 15) is 14.7 Å². The number of hydrogen-bond donors (Lipinski definition) is 3. The zero-order chi connectivity index (χ0) is 13.7. The number of nitrogens with one attached hydrogen (secondary N) is 1. The van der Waals surface area contributed by atoms with Gasteiger partial charge in [0.25, 0.3) is 5.91 Å². The lowest BCUT2D eigenvalue weighted by molar-refractivity contribution is -0.126. The fraction of sp³-hybridized carbons (Fsp3) is 0.333. The minimum absolute atomic E-state index is 0.193. The first-order valence-electron chi connectivity index (χ1n) is 5.42. The molecule has 98 valence electrons. The van der Waals surface area contributed by atoms with E-state index in [4.69, 9.17) is 10.5 Å². The van der Waals surface area contributed by atoms with E-state index in [-0.39, 0.29) is 6.61 Å². The fourth-order valence-electron chi connectivity index (χ4n) is 1.46. The zero-order valence-corrected chi connectivity index (χ0v) is 10.3. The smallest absolute Gasteiger partial charge is 0.318 e. The molecule has 0 bridgehead atoms. The van der Waals surface area contributed by atoms with Crippen LogP contribution < -0.4 is 15.8 Å². The van der Waals surface area contributed by atoms with E-state index in [0.29, 0.717) is 11.3 Å². The van der Waals surface area contributed by atoms with Crippen LogP contribution >= 0.6 is 0 Å². The van der Waals surface area contributed by atoms with Crippen LogP contribution in [0.2, 0.25) is 0 Å². The molecular formula is C12H16N2O4. The van der Waals surface area contributed by atoms with Crippen LogP contribution in [0.25, 0.3) is 0 Å². The van der Waals surface area contributed by atoms with Gasteiger partial charge < -0.3 is 15.6 Å². The van der Waals surface area contributed by atoms with Gasteiger partial charge in [-0.2, -0.15) is 0 Å². The number of rotatable bonds is 4. The third kappa shape index (κ3) is 3.46. The van der Waals surface area contributed by atoms with E-state index in [0.717, 1.165) is 5.56 Å². The molecule has 0 aliphatic heterocycles. The van der Waals surface area contributed by atoms with E-state index in [1.54, 1.807) is 25.1 Å². The number of primary amides is 1. The van der Waals surface area contributed by atoms with Gasteiger partial charge in [0.15, 0.2) is 6.10 Å². The van der Waals surface area contributed by atoms with Gasteiger partial charge in [-0.1, -0.05) is 18.2 Å². The lowest BCUT2D eigenvalue weighted by atomic mass is 10.1. The van der Waals surface area contributed by atoms with E-state index in [1.165, 1.54) is 6.92 Å². The van der Waals surface area contributed by atoms with Crippen LogP contribution in [0.4, 0.5) is 4.79 Å². The van der Waals surface area contributed by atoms with E-state index >= 15 is 0 Å². The molecule has 0 aliphatic carbocycles. The molecule has 0 aliphatic rings. The number of aliphatic hydroxyl groups excluding tert-OH is 1. The number of para-hydroxylation sites is 1. The number of urea groups is 1. The Hall–Kier alpha value is -2.08. The summed E-state index contributed by atoms with van der Waals surface area (Å²) < 4.78 is 5.45. The van der Waals surface area contributed by atoms with Crippen molar-refractivity contribution in [1.29, 1.82) is 0 Å². The second-order valence-corrected chi connectivity index (χ2v) is 3.83. The van der Waals surface area contributed by atoms with Gasteiger partial charge in [-0.3, -0.25) is 10.1 Å². The van der Waals surface area contributed by atoms with Crippen LogP contribution in [0.5, 0.6) is 5.75 Å². The maximum absolute atomic E-state index is 11.5. The first-order valence-corrected chi connectivity index (χ1v) is 5.42.